The molecule has 1 aromatic rings. The zero-order valence-electron chi connectivity index (χ0n) is 9.58. The molecule has 1 saturated carbocycles. The summed E-state index contributed by atoms with van der Waals surface area (Å²) in [6.07, 6.45) is 5.50. The van der Waals surface area contributed by atoms with Gasteiger partial charge in [-0.2, -0.15) is 0 Å². The molecule has 1 atom stereocenters. The van der Waals surface area contributed by atoms with Gasteiger partial charge in [-0.1, -0.05) is 25.0 Å². The molecule has 1 aliphatic heterocycles. The Morgan fingerprint density at radius 2 is 1.81 bits per heavy atom. The number of phenols is 1. The third-order valence-corrected chi connectivity index (χ3v) is 4.46. The number of phenolic OH excluding ortho intramolecular Hbond substituents is 1. The van der Waals surface area contributed by atoms with E-state index in [4.69, 9.17) is 0 Å². The summed E-state index contributed by atoms with van der Waals surface area (Å²) in [6, 6.07) is 7.81. The summed E-state index contributed by atoms with van der Waals surface area (Å²) < 4.78 is 0. The monoisotopic (exact) mass is 217 g/mol. The number of hydrogen-bond acceptors (Lipinski definition) is 2. The number of benzene rings is 1. The van der Waals surface area contributed by atoms with Crippen LogP contribution in [0.1, 0.15) is 37.2 Å². The third kappa shape index (κ3) is 1.52. The normalized spacial score (nSPS) is 27.6. The second-order valence-electron chi connectivity index (χ2n) is 5.34. The number of rotatable bonds is 1. The first-order chi connectivity index (χ1) is 7.80. The zero-order chi connectivity index (χ0) is 11.0. The van der Waals surface area contributed by atoms with Crippen LogP contribution in [-0.2, 0) is 0 Å². The van der Waals surface area contributed by atoms with Crippen molar-refractivity contribution in [2.75, 3.05) is 13.1 Å². The van der Waals surface area contributed by atoms with E-state index in [0.717, 1.165) is 6.54 Å². The van der Waals surface area contributed by atoms with Crippen LogP contribution in [-0.4, -0.2) is 18.2 Å². The quantitative estimate of drug-likeness (QED) is 0.758. The maximum atomic E-state index is 9.34. The van der Waals surface area contributed by atoms with Crippen LogP contribution in [0.25, 0.3) is 0 Å². The van der Waals surface area contributed by atoms with E-state index in [2.05, 4.69) is 17.4 Å². The van der Waals surface area contributed by atoms with E-state index in [9.17, 15) is 5.11 Å². The van der Waals surface area contributed by atoms with Gasteiger partial charge in [0.25, 0.3) is 0 Å². The largest absolute Gasteiger partial charge is 0.508 e. The fourth-order valence-electron chi connectivity index (χ4n) is 3.59. The molecule has 2 aliphatic rings. The summed E-state index contributed by atoms with van der Waals surface area (Å²) in [5.74, 6) is 1.02. The van der Waals surface area contributed by atoms with E-state index in [0.29, 0.717) is 17.1 Å². The van der Waals surface area contributed by atoms with Crippen molar-refractivity contribution < 1.29 is 5.11 Å². The van der Waals surface area contributed by atoms with Gasteiger partial charge in [0.05, 0.1) is 0 Å². The predicted octanol–water partition coefficient (Wildman–Crippen LogP) is 2.64. The van der Waals surface area contributed by atoms with Crippen LogP contribution in [0.2, 0.25) is 0 Å². The van der Waals surface area contributed by atoms with Crippen molar-refractivity contribution in [2.24, 2.45) is 5.41 Å². The minimum Gasteiger partial charge on any atom is -0.508 e. The lowest BCUT2D eigenvalue weighted by molar-refractivity contribution is 0.295. The first-order valence-electron chi connectivity index (χ1n) is 6.30. The number of hydrogen-bond donors (Lipinski definition) is 2. The molecule has 0 aromatic heterocycles. The van der Waals surface area contributed by atoms with Crippen LogP contribution in [0, 0.1) is 5.41 Å². The minimum absolute atomic E-state index is 0.371. The molecule has 0 amide bonds. The van der Waals surface area contributed by atoms with Crippen molar-refractivity contribution in [2.45, 2.75) is 31.6 Å². The first-order valence-corrected chi connectivity index (χ1v) is 6.30. The Balaban J connectivity index is 1.91. The summed E-state index contributed by atoms with van der Waals surface area (Å²) in [6.45, 7) is 2.28. The average molecular weight is 217 g/mol. The van der Waals surface area contributed by atoms with Gasteiger partial charge in [-0.3, -0.25) is 0 Å². The molecule has 2 fully saturated rings. The molecular weight excluding hydrogens is 198 g/mol. The fraction of sp³-hybridized carbons (Fsp3) is 0.571. The van der Waals surface area contributed by atoms with Crippen molar-refractivity contribution in [1.82, 2.24) is 5.32 Å². The maximum Gasteiger partial charge on any atom is 0.115 e. The van der Waals surface area contributed by atoms with Crippen LogP contribution >= 0.6 is 0 Å². The van der Waals surface area contributed by atoms with Gasteiger partial charge in [-0.15, -0.1) is 0 Å². The highest BCUT2D eigenvalue weighted by atomic mass is 16.3. The van der Waals surface area contributed by atoms with E-state index in [1.54, 1.807) is 0 Å². The second-order valence-corrected chi connectivity index (χ2v) is 5.34. The van der Waals surface area contributed by atoms with Gasteiger partial charge in [0.2, 0.25) is 0 Å². The second kappa shape index (κ2) is 3.77. The molecule has 1 aliphatic carbocycles. The predicted molar refractivity (Wildman–Crippen MR) is 64.6 cm³/mol. The molecule has 0 unspecified atom stereocenters. The van der Waals surface area contributed by atoms with Gasteiger partial charge in [-0.25, -0.2) is 0 Å². The van der Waals surface area contributed by atoms with Crippen molar-refractivity contribution in [1.29, 1.82) is 0 Å². The van der Waals surface area contributed by atoms with Crippen molar-refractivity contribution in [3.05, 3.63) is 29.8 Å². The third-order valence-electron chi connectivity index (χ3n) is 4.46. The Bertz CT molecular complexity index is 359. The van der Waals surface area contributed by atoms with E-state index >= 15 is 0 Å². The Morgan fingerprint density at radius 3 is 2.50 bits per heavy atom. The molecule has 86 valence electrons. The molecule has 0 radical (unpaired) electrons. The fourth-order valence-corrected chi connectivity index (χ4v) is 3.59. The van der Waals surface area contributed by atoms with Gasteiger partial charge in [0.1, 0.15) is 5.75 Å². The molecule has 2 heteroatoms. The van der Waals surface area contributed by atoms with Crippen molar-refractivity contribution in [3.63, 3.8) is 0 Å². The lowest BCUT2D eigenvalue weighted by Crippen LogP contribution is -2.25. The van der Waals surface area contributed by atoms with Crippen LogP contribution in [0.4, 0.5) is 0 Å². The smallest absolute Gasteiger partial charge is 0.115 e. The molecule has 1 spiro atoms. The van der Waals surface area contributed by atoms with Gasteiger partial charge < -0.3 is 10.4 Å². The van der Waals surface area contributed by atoms with E-state index in [1.165, 1.54) is 37.8 Å². The summed E-state index contributed by atoms with van der Waals surface area (Å²) in [5.41, 5.74) is 1.90. The zero-order valence-corrected chi connectivity index (χ0v) is 9.58. The summed E-state index contributed by atoms with van der Waals surface area (Å²) in [5, 5.41) is 12.9. The Kier molecular flexibility index (Phi) is 2.40. The van der Waals surface area contributed by atoms with Crippen molar-refractivity contribution >= 4 is 0 Å². The highest BCUT2D eigenvalue weighted by Crippen LogP contribution is 2.50. The average Bonchev–Trinajstić information content (AvgIpc) is 2.91. The SMILES string of the molecule is Oc1ccc([C@@H]2CNCC23CCCC3)cc1. The minimum atomic E-state index is 0.371. The molecule has 2 N–H and O–H groups in total. The number of nitrogens with one attached hydrogen (secondary N) is 1. The summed E-state index contributed by atoms with van der Waals surface area (Å²) in [4.78, 5) is 0. The Labute approximate surface area is 96.7 Å². The molecular formula is C14H19NO. The molecule has 2 nitrogen and oxygen atoms in total. The summed E-state index contributed by atoms with van der Waals surface area (Å²) in [7, 11) is 0. The highest BCUT2D eigenvalue weighted by molar-refractivity contribution is 5.31. The molecule has 3 rings (SSSR count). The lowest BCUT2D eigenvalue weighted by atomic mass is 9.73. The van der Waals surface area contributed by atoms with Gasteiger partial charge in [-0.05, 0) is 36.0 Å². The number of aromatic hydroxyl groups is 1. The Hall–Kier alpha value is -1.02. The van der Waals surface area contributed by atoms with Crippen LogP contribution < -0.4 is 5.32 Å². The van der Waals surface area contributed by atoms with Gasteiger partial charge in [0, 0.05) is 19.0 Å². The first kappa shape index (κ1) is 10.2. The standard InChI is InChI=1S/C14H19NO/c16-12-5-3-11(4-6-12)13-9-15-10-14(13)7-1-2-8-14/h3-6,13,15-16H,1-2,7-10H2/t13-/m0/s1. The van der Waals surface area contributed by atoms with E-state index in [1.807, 2.05) is 12.1 Å². The topological polar surface area (TPSA) is 32.3 Å². The van der Waals surface area contributed by atoms with E-state index < -0.39 is 0 Å². The van der Waals surface area contributed by atoms with E-state index in [-0.39, 0.29) is 0 Å². The molecule has 0 bridgehead atoms. The molecule has 1 aromatic carbocycles. The highest BCUT2D eigenvalue weighted by Gasteiger charge is 2.45. The maximum absolute atomic E-state index is 9.34. The van der Waals surface area contributed by atoms with Crippen LogP contribution in [0.15, 0.2) is 24.3 Å². The Morgan fingerprint density at radius 1 is 1.12 bits per heavy atom. The van der Waals surface area contributed by atoms with Crippen LogP contribution in [0.5, 0.6) is 5.75 Å². The molecule has 1 saturated heterocycles. The molecule has 1 heterocycles. The van der Waals surface area contributed by atoms with Gasteiger partial charge >= 0.3 is 0 Å². The van der Waals surface area contributed by atoms with Crippen LogP contribution in [0.3, 0.4) is 0 Å². The summed E-state index contributed by atoms with van der Waals surface area (Å²) >= 11 is 0. The van der Waals surface area contributed by atoms with Gasteiger partial charge in [0.15, 0.2) is 0 Å². The lowest BCUT2D eigenvalue weighted by Gasteiger charge is -2.30. The molecule has 16 heavy (non-hydrogen) atoms. The van der Waals surface area contributed by atoms with Crippen molar-refractivity contribution in [3.8, 4) is 5.75 Å².